The summed E-state index contributed by atoms with van der Waals surface area (Å²) in [5.41, 5.74) is 0.491. The SMILES string of the molecule is COc1ccc(C(=O)NC(=N)NCCCN(C)C)cc1. The van der Waals surface area contributed by atoms with E-state index in [2.05, 4.69) is 15.5 Å². The number of benzene rings is 1. The topological polar surface area (TPSA) is 77.4 Å². The molecule has 1 rings (SSSR count). The van der Waals surface area contributed by atoms with E-state index in [0.717, 1.165) is 13.0 Å². The van der Waals surface area contributed by atoms with Gasteiger partial charge < -0.3 is 15.0 Å². The highest BCUT2D eigenvalue weighted by molar-refractivity contribution is 6.04. The molecule has 0 fully saturated rings. The van der Waals surface area contributed by atoms with E-state index in [4.69, 9.17) is 10.1 Å². The van der Waals surface area contributed by atoms with Gasteiger partial charge in [-0.15, -0.1) is 0 Å². The molecule has 1 amide bonds. The fourth-order valence-electron chi connectivity index (χ4n) is 1.58. The predicted molar refractivity (Wildman–Crippen MR) is 79.4 cm³/mol. The van der Waals surface area contributed by atoms with Gasteiger partial charge in [-0.05, 0) is 51.3 Å². The lowest BCUT2D eigenvalue weighted by atomic mass is 10.2. The van der Waals surface area contributed by atoms with E-state index in [1.54, 1.807) is 31.4 Å². The maximum atomic E-state index is 11.9. The van der Waals surface area contributed by atoms with Crippen LogP contribution in [0.1, 0.15) is 16.8 Å². The summed E-state index contributed by atoms with van der Waals surface area (Å²) in [6, 6.07) is 6.74. The summed E-state index contributed by atoms with van der Waals surface area (Å²) in [6.45, 7) is 1.59. The Hall–Kier alpha value is -2.08. The summed E-state index contributed by atoms with van der Waals surface area (Å²) < 4.78 is 5.02. The first kappa shape index (κ1) is 16.0. The Bertz CT molecular complexity index is 443. The van der Waals surface area contributed by atoms with Crippen molar-refractivity contribution < 1.29 is 9.53 Å². The van der Waals surface area contributed by atoms with Crippen molar-refractivity contribution in [3.05, 3.63) is 29.8 Å². The number of nitrogens with zero attached hydrogens (tertiary/aromatic N) is 1. The maximum absolute atomic E-state index is 11.9. The zero-order valence-corrected chi connectivity index (χ0v) is 12.2. The number of carbonyl (C=O) groups excluding carboxylic acids is 1. The third-order valence-corrected chi connectivity index (χ3v) is 2.67. The molecule has 0 heterocycles. The van der Waals surface area contributed by atoms with Gasteiger partial charge in [-0.25, -0.2) is 0 Å². The van der Waals surface area contributed by atoms with Crippen molar-refractivity contribution >= 4 is 11.9 Å². The lowest BCUT2D eigenvalue weighted by Crippen LogP contribution is -2.41. The number of hydrogen-bond acceptors (Lipinski definition) is 4. The molecule has 0 aliphatic heterocycles. The van der Waals surface area contributed by atoms with Crippen LogP contribution in [0, 0.1) is 5.41 Å². The van der Waals surface area contributed by atoms with Crippen LogP contribution in [0.5, 0.6) is 5.75 Å². The molecule has 20 heavy (non-hydrogen) atoms. The number of amides is 1. The summed E-state index contributed by atoms with van der Waals surface area (Å²) in [6.07, 6.45) is 0.911. The van der Waals surface area contributed by atoms with E-state index in [1.807, 2.05) is 14.1 Å². The van der Waals surface area contributed by atoms with E-state index < -0.39 is 0 Å². The van der Waals surface area contributed by atoms with Gasteiger partial charge >= 0.3 is 0 Å². The molecule has 0 unspecified atom stereocenters. The number of hydrogen-bond donors (Lipinski definition) is 3. The highest BCUT2D eigenvalue weighted by atomic mass is 16.5. The molecule has 1 aromatic rings. The molecule has 0 saturated heterocycles. The van der Waals surface area contributed by atoms with E-state index in [9.17, 15) is 4.79 Å². The molecule has 0 aliphatic rings. The fourth-order valence-corrected chi connectivity index (χ4v) is 1.58. The molecule has 1 aromatic carbocycles. The number of carbonyl (C=O) groups is 1. The first-order valence-electron chi connectivity index (χ1n) is 6.45. The van der Waals surface area contributed by atoms with E-state index in [0.29, 0.717) is 17.9 Å². The van der Waals surface area contributed by atoms with Crippen LogP contribution in [0.4, 0.5) is 0 Å². The van der Waals surface area contributed by atoms with Crippen LogP contribution in [-0.4, -0.2) is 51.1 Å². The van der Waals surface area contributed by atoms with Crippen LogP contribution in [0.3, 0.4) is 0 Å². The van der Waals surface area contributed by atoms with Gasteiger partial charge in [0.25, 0.3) is 5.91 Å². The molecule has 3 N–H and O–H groups in total. The Morgan fingerprint density at radius 1 is 1.30 bits per heavy atom. The second kappa shape index (κ2) is 8.16. The summed E-state index contributed by atoms with van der Waals surface area (Å²) in [5.74, 6) is 0.403. The van der Waals surface area contributed by atoms with Crippen molar-refractivity contribution in [1.82, 2.24) is 15.5 Å². The highest BCUT2D eigenvalue weighted by Gasteiger charge is 2.07. The van der Waals surface area contributed by atoms with Crippen LogP contribution in [0.25, 0.3) is 0 Å². The molecule has 6 nitrogen and oxygen atoms in total. The average Bonchev–Trinajstić information content (AvgIpc) is 2.43. The van der Waals surface area contributed by atoms with Crippen molar-refractivity contribution in [2.24, 2.45) is 0 Å². The fraction of sp³-hybridized carbons (Fsp3) is 0.429. The van der Waals surface area contributed by atoms with Gasteiger partial charge in [0.05, 0.1) is 7.11 Å². The van der Waals surface area contributed by atoms with Crippen molar-refractivity contribution in [1.29, 1.82) is 5.41 Å². The van der Waals surface area contributed by atoms with Crippen molar-refractivity contribution in [3.63, 3.8) is 0 Å². The molecule has 0 aromatic heterocycles. The largest absolute Gasteiger partial charge is 0.497 e. The van der Waals surface area contributed by atoms with Crippen molar-refractivity contribution in [2.45, 2.75) is 6.42 Å². The lowest BCUT2D eigenvalue weighted by Gasteiger charge is -2.12. The molecule has 6 heteroatoms. The normalized spacial score (nSPS) is 10.2. The Morgan fingerprint density at radius 2 is 1.95 bits per heavy atom. The van der Waals surface area contributed by atoms with Crippen LogP contribution < -0.4 is 15.4 Å². The average molecular weight is 278 g/mol. The first-order chi connectivity index (χ1) is 9.52. The standard InChI is InChI=1S/C14H22N4O2/c1-18(2)10-4-9-16-14(15)17-13(19)11-5-7-12(20-3)8-6-11/h5-8H,4,9-10H2,1-3H3,(H3,15,16,17,19). The third kappa shape index (κ3) is 5.71. The monoisotopic (exact) mass is 278 g/mol. The zero-order valence-electron chi connectivity index (χ0n) is 12.2. The van der Waals surface area contributed by atoms with Gasteiger partial charge in [-0.1, -0.05) is 0 Å². The van der Waals surface area contributed by atoms with Gasteiger partial charge in [-0.3, -0.25) is 15.5 Å². The zero-order chi connectivity index (χ0) is 15.0. The highest BCUT2D eigenvalue weighted by Crippen LogP contribution is 2.10. The molecule has 0 saturated carbocycles. The van der Waals surface area contributed by atoms with Crippen LogP contribution in [0.15, 0.2) is 24.3 Å². The molecule has 0 atom stereocenters. The Labute approximate surface area is 119 Å². The molecular weight excluding hydrogens is 256 g/mol. The second-order valence-corrected chi connectivity index (χ2v) is 4.64. The Balaban J connectivity index is 2.35. The van der Waals surface area contributed by atoms with Crippen molar-refractivity contribution in [2.75, 3.05) is 34.3 Å². The number of ether oxygens (including phenoxy) is 1. The van der Waals surface area contributed by atoms with E-state index in [-0.39, 0.29) is 11.9 Å². The number of rotatable bonds is 6. The lowest BCUT2D eigenvalue weighted by molar-refractivity contribution is 0.0975. The Morgan fingerprint density at radius 3 is 2.50 bits per heavy atom. The molecule has 0 bridgehead atoms. The summed E-state index contributed by atoms with van der Waals surface area (Å²) in [7, 11) is 5.57. The smallest absolute Gasteiger partial charge is 0.257 e. The summed E-state index contributed by atoms with van der Waals surface area (Å²) >= 11 is 0. The van der Waals surface area contributed by atoms with Crippen LogP contribution in [0.2, 0.25) is 0 Å². The van der Waals surface area contributed by atoms with Crippen LogP contribution in [-0.2, 0) is 0 Å². The van der Waals surface area contributed by atoms with Gasteiger partial charge in [0.15, 0.2) is 5.96 Å². The van der Waals surface area contributed by atoms with Gasteiger partial charge in [0.2, 0.25) is 0 Å². The second-order valence-electron chi connectivity index (χ2n) is 4.64. The quantitative estimate of drug-likeness (QED) is 0.410. The van der Waals surface area contributed by atoms with E-state index >= 15 is 0 Å². The molecule has 0 radical (unpaired) electrons. The Kier molecular flexibility index (Phi) is 6.52. The summed E-state index contributed by atoms with van der Waals surface area (Å²) in [4.78, 5) is 13.9. The minimum Gasteiger partial charge on any atom is -0.497 e. The minimum atomic E-state index is -0.308. The minimum absolute atomic E-state index is 0.0181. The molecule has 0 spiro atoms. The summed E-state index contributed by atoms with van der Waals surface area (Å²) in [5, 5.41) is 13.0. The molecule has 0 aliphatic carbocycles. The number of guanidine groups is 1. The van der Waals surface area contributed by atoms with Crippen LogP contribution >= 0.6 is 0 Å². The van der Waals surface area contributed by atoms with Gasteiger partial charge in [0, 0.05) is 12.1 Å². The predicted octanol–water partition coefficient (Wildman–Crippen LogP) is 0.901. The number of methoxy groups -OCH3 is 1. The first-order valence-corrected chi connectivity index (χ1v) is 6.45. The van der Waals surface area contributed by atoms with E-state index in [1.165, 1.54) is 0 Å². The van der Waals surface area contributed by atoms with Gasteiger partial charge in [-0.2, -0.15) is 0 Å². The van der Waals surface area contributed by atoms with Crippen molar-refractivity contribution in [3.8, 4) is 5.75 Å². The van der Waals surface area contributed by atoms with Gasteiger partial charge in [0.1, 0.15) is 5.75 Å². The maximum Gasteiger partial charge on any atom is 0.257 e. The third-order valence-electron chi connectivity index (χ3n) is 2.67. The number of nitrogens with one attached hydrogen (secondary N) is 3. The molecular formula is C14H22N4O2. The molecule has 110 valence electrons.